The number of benzene rings is 1. The fourth-order valence-electron chi connectivity index (χ4n) is 1.25. The van der Waals surface area contributed by atoms with Crippen molar-refractivity contribution in [3.63, 3.8) is 0 Å². The number of carbonyl (C=O) groups is 1. The molecule has 0 radical (unpaired) electrons. The fourth-order valence-corrected chi connectivity index (χ4v) is 1.47. The first-order valence-corrected chi connectivity index (χ1v) is 3.83. The Labute approximate surface area is 73.3 Å². The second-order valence-electron chi connectivity index (χ2n) is 2.61. The van der Waals surface area contributed by atoms with E-state index in [2.05, 4.69) is 5.32 Å². The van der Waals surface area contributed by atoms with E-state index in [1.54, 1.807) is 0 Å². The molecule has 62 valence electrons. The van der Waals surface area contributed by atoms with Crippen LogP contribution in [0.3, 0.4) is 0 Å². The molecule has 0 saturated carbocycles. The zero-order chi connectivity index (χ0) is 8.72. The van der Waals surface area contributed by atoms with Crippen LogP contribution in [-0.4, -0.2) is 5.91 Å². The van der Waals surface area contributed by atoms with E-state index in [1.165, 1.54) is 12.1 Å². The second-order valence-corrected chi connectivity index (χ2v) is 3.01. The van der Waals surface area contributed by atoms with E-state index < -0.39 is 5.82 Å². The molecule has 1 aromatic rings. The van der Waals surface area contributed by atoms with E-state index in [1.807, 2.05) is 0 Å². The van der Waals surface area contributed by atoms with Gasteiger partial charge in [0.05, 0.1) is 12.1 Å². The highest BCUT2D eigenvalue weighted by Crippen LogP contribution is 2.31. The number of anilines is 1. The monoisotopic (exact) mass is 185 g/mol. The van der Waals surface area contributed by atoms with Crippen molar-refractivity contribution in [2.24, 2.45) is 0 Å². The summed E-state index contributed by atoms with van der Waals surface area (Å²) in [7, 11) is 0. The molecule has 1 amide bonds. The minimum atomic E-state index is -0.430. The maximum Gasteiger partial charge on any atom is 0.229 e. The Morgan fingerprint density at radius 1 is 1.50 bits per heavy atom. The molecular formula is C8H5ClFNO. The van der Waals surface area contributed by atoms with Crippen molar-refractivity contribution in [2.45, 2.75) is 6.42 Å². The molecule has 0 spiro atoms. The van der Waals surface area contributed by atoms with Crippen molar-refractivity contribution in [3.05, 3.63) is 28.5 Å². The smallest absolute Gasteiger partial charge is 0.229 e. The Balaban J connectivity index is 2.64. The maximum absolute atomic E-state index is 13.0. The second kappa shape index (κ2) is 2.45. The molecule has 1 aliphatic rings. The molecule has 2 nitrogen and oxygen atoms in total. The van der Waals surface area contributed by atoms with Gasteiger partial charge in [-0.25, -0.2) is 4.39 Å². The number of fused-ring (bicyclic) bond motifs is 1. The molecule has 1 aromatic carbocycles. The van der Waals surface area contributed by atoms with Gasteiger partial charge in [0.2, 0.25) is 5.91 Å². The first kappa shape index (κ1) is 7.55. The Bertz CT molecular complexity index is 331. The number of rotatable bonds is 0. The van der Waals surface area contributed by atoms with E-state index in [0.717, 1.165) is 0 Å². The minimum absolute atomic E-state index is 0.173. The molecule has 0 aliphatic carbocycles. The average Bonchev–Trinajstić information content (AvgIpc) is 2.41. The van der Waals surface area contributed by atoms with Crippen molar-refractivity contribution in [2.75, 3.05) is 5.32 Å². The van der Waals surface area contributed by atoms with E-state index in [-0.39, 0.29) is 18.0 Å². The molecule has 1 N–H and O–H groups in total. The van der Waals surface area contributed by atoms with Gasteiger partial charge in [0.1, 0.15) is 5.82 Å². The Hall–Kier alpha value is -1.09. The number of amides is 1. The third-order valence-corrected chi connectivity index (χ3v) is 2.16. The van der Waals surface area contributed by atoms with Crippen LogP contribution in [0.2, 0.25) is 5.02 Å². The largest absolute Gasteiger partial charge is 0.323 e. The summed E-state index contributed by atoms with van der Waals surface area (Å²) < 4.78 is 13.0. The van der Waals surface area contributed by atoms with Gasteiger partial charge in [-0.05, 0) is 12.1 Å². The molecule has 1 aliphatic heterocycles. The number of carbonyl (C=O) groups excluding carboxylic acids is 1. The van der Waals surface area contributed by atoms with Crippen LogP contribution in [0, 0.1) is 5.82 Å². The third kappa shape index (κ3) is 0.975. The van der Waals surface area contributed by atoms with Gasteiger partial charge in [-0.1, -0.05) is 11.6 Å². The molecule has 1 heterocycles. The van der Waals surface area contributed by atoms with Crippen LogP contribution in [-0.2, 0) is 11.2 Å². The van der Waals surface area contributed by atoms with E-state index in [0.29, 0.717) is 10.6 Å². The number of hydrogen-bond acceptors (Lipinski definition) is 1. The molecule has 0 bridgehead atoms. The number of nitrogens with one attached hydrogen (secondary N) is 1. The predicted molar refractivity (Wildman–Crippen MR) is 43.7 cm³/mol. The number of halogens is 2. The van der Waals surface area contributed by atoms with Crippen molar-refractivity contribution >= 4 is 23.2 Å². The van der Waals surface area contributed by atoms with Crippen LogP contribution in [0.5, 0.6) is 0 Å². The maximum atomic E-state index is 13.0. The minimum Gasteiger partial charge on any atom is -0.323 e. The van der Waals surface area contributed by atoms with Crippen LogP contribution in [0.1, 0.15) is 5.56 Å². The summed E-state index contributed by atoms with van der Waals surface area (Å²) in [5, 5.41) is 2.84. The quantitative estimate of drug-likeness (QED) is 0.658. The molecule has 4 heteroatoms. The van der Waals surface area contributed by atoms with E-state index >= 15 is 0 Å². The highest BCUT2D eigenvalue weighted by molar-refractivity contribution is 6.32. The standard InChI is InChI=1S/C8H5ClFNO/c9-5-1-2-6(10)8-4(5)3-7(12)11-8/h1-2H,3H2,(H,11,12). The molecule has 0 atom stereocenters. The van der Waals surface area contributed by atoms with Crippen LogP contribution >= 0.6 is 11.6 Å². The summed E-state index contributed by atoms with van der Waals surface area (Å²) in [5.74, 6) is -0.641. The zero-order valence-electron chi connectivity index (χ0n) is 6.03. The summed E-state index contributed by atoms with van der Waals surface area (Å²) in [6.07, 6.45) is 0.173. The zero-order valence-corrected chi connectivity index (χ0v) is 6.78. The summed E-state index contributed by atoms with van der Waals surface area (Å²) >= 11 is 5.75. The lowest BCUT2D eigenvalue weighted by Gasteiger charge is -2.00. The third-order valence-electron chi connectivity index (χ3n) is 1.81. The Kier molecular flexibility index (Phi) is 1.54. The molecule has 0 unspecified atom stereocenters. The molecule has 12 heavy (non-hydrogen) atoms. The van der Waals surface area contributed by atoms with Gasteiger partial charge in [-0.15, -0.1) is 0 Å². The van der Waals surface area contributed by atoms with Gasteiger partial charge in [0, 0.05) is 10.6 Å². The van der Waals surface area contributed by atoms with Crippen molar-refractivity contribution in [3.8, 4) is 0 Å². The summed E-state index contributed by atoms with van der Waals surface area (Å²) in [5.41, 5.74) is 0.786. The molecule has 0 fully saturated rings. The first-order chi connectivity index (χ1) is 5.68. The lowest BCUT2D eigenvalue weighted by atomic mass is 10.1. The highest BCUT2D eigenvalue weighted by atomic mass is 35.5. The van der Waals surface area contributed by atoms with Crippen molar-refractivity contribution < 1.29 is 9.18 Å². The SMILES string of the molecule is O=C1Cc2c(Cl)ccc(F)c2N1. The van der Waals surface area contributed by atoms with Gasteiger partial charge in [-0.2, -0.15) is 0 Å². The molecule has 0 saturated heterocycles. The van der Waals surface area contributed by atoms with Gasteiger partial charge >= 0.3 is 0 Å². The summed E-state index contributed by atoms with van der Waals surface area (Å²) in [4.78, 5) is 10.9. The lowest BCUT2D eigenvalue weighted by Crippen LogP contribution is -2.04. The van der Waals surface area contributed by atoms with Crippen molar-refractivity contribution in [1.29, 1.82) is 0 Å². The Morgan fingerprint density at radius 2 is 2.25 bits per heavy atom. The highest BCUT2D eigenvalue weighted by Gasteiger charge is 2.23. The number of hydrogen-bond donors (Lipinski definition) is 1. The van der Waals surface area contributed by atoms with Crippen LogP contribution < -0.4 is 5.32 Å². The fraction of sp³-hybridized carbons (Fsp3) is 0.125. The van der Waals surface area contributed by atoms with Crippen molar-refractivity contribution in [1.82, 2.24) is 0 Å². The molecule has 2 rings (SSSR count). The van der Waals surface area contributed by atoms with Gasteiger partial charge in [0.15, 0.2) is 0 Å². The first-order valence-electron chi connectivity index (χ1n) is 3.45. The van der Waals surface area contributed by atoms with E-state index in [4.69, 9.17) is 11.6 Å². The topological polar surface area (TPSA) is 29.1 Å². The van der Waals surface area contributed by atoms with Crippen LogP contribution in [0.15, 0.2) is 12.1 Å². The van der Waals surface area contributed by atoms with Gasteiger partial charge in [0.25, 0.3) is 0 Å². The average molecular weight is 186 g/mol. The predicted octanol–water partition coefficient (Wildman–Crippen LogP) is 1.97. The Morgan fingerprint density at radius 3 is 2.92 bits per heavy atom. The van der Waals surface area contributed by atoms with Crippen LogP contribution in [0.25, 0.3) is 0 Å². The molecular weight excluding hydrogens is 181 g/mol. The summed E-state index contributed by atoms with van der Waals surface area (Å²) in [6, 6.07) is 2.70. The normalized spacial score (nSPS) is 14.3. The van der Waals surface area contributed by atoms with E-state index in [9.17, 15) is 9.18 Å². The summed E-state index contributed by atoms with van der Waals surface area (Å²) in [6.45, 7) is 0. The van der Waals surface area contributed by atoms with Crippen LogP contribution in [0.4, 0.5) is 10.1 Å². The molecule has 0 aromatic heterocycles. The van der Waals surface area contributed by atoms with Gasteiger partial charge < -0.3 is 5.32 Å². The van der Waals surface area contributed by atoms with Gasteiger partial charge in [-0.3, -0.25) is 4.79 Å². The lowest BCUT2D eigenvalue weighted by molar-refractivity contribution is -0.115.